The summed E-state index contributed by atoms with van der Waals surface area (Å²) in [5, 5.41) is 6.52. The van der Waals surface area contributed by atoms with Crippen LogP contribution in [-0.2, 0) is 19.5 Å². The van der Waals surface area contributed by atoms with E-state index in [-0.39, 0.29) is 0 Å². The zero-order valence-electron chi connectivity index (χ0n) is 9.62. The minimum absolute atomic E-state index is 0.760. The van der Waals surface area contributed by atoms with Gasteiger partial charge in [-0.1, -0.05) is 6.92 Å². The molecule has 4 heteroatoms. The molecular formula is C12H16N2OS. The number of nitrogens with one attached hydrogen (secondary N) is 1. The second-order valence-corrected chi connectivity index (χ2v) is 4.75. The molecule has 0 saturated carbocycles. The lowest BCUT2D eigenvalue weighted by Gasteiger charge is -1.99. The summed E-state index contributed by atoms with van der Waals surface area (Å²) < 4.78 is 5.60. The lowest BCUT2D eigenvalue weighted by atomic mass is 10.3. The van der Waals surface area contributed by atoms with Gasteiger partial charge in [0.05, 0.1) is 17.2 Å². The van der Waals surface area contributed by atoms with E-state index in [9.17, 15) is 0 Å². The first-order chi connectivity index (χ1) is 7.78. The fraction of sp³-hybridized carbons (Fsp3) is 0.417. The molecule has 0 saturated heterocycles. The maximum Gasteiger partial charge on any atom is 0.117 e. The van der Waals surface area contributed by atoms with Gasteiger partial charge < -0.3 is 9.73 Å². The number of nitrogens with zero attached hydrogens (tertiary/aromatic N) is 1. The lowest BCUT2D eigenvalue weighted by Crippen LogP contribution is -2.12. The van der Waals surface area contributed by atoms with Crippen LogP contribution < -0.4 is 5.32 Å². The predicted molar refractivity (Wildman–Crippen MR) is 65.5 cm³/mol. The molecule has 3 nitrogen and oxygen atoms in total. The van der Waals surface area contributed by atoms with Gasteiger partial charge in [-0.2, -0.15) is 0 Å². The molecule has 2 aromatic rings. The minimum atomic E-state index is 0.760. The maximum absolute atomic E-state index is 5.60. The molecule has 0 spiro atoms. The van der Waals surface area contributed by atoms with Gasteiger partial charge in [0.2, 0.25) is 0 Å². The van der Waals surface area contributed by atoms with E-state index in [1.54, 1.807) is 11.3 Å². The van der Waals surface area contributed by atoms with Gasteiger partial charge in [-0.3, -0.25) is 0 Å². The molecule has 0 aromatic carbocycles. The highest BCUT2D eigenvalue weighted by Gasteiger charge is 2.01. The van der Waals surface area contributed by atoms with E-state index in [4.69, 9.17) is 4.42 Å². The van der Waals surface area contributed by atoms with Crippen LogP contribution in [0.2, 0.25) is 0 Å². The Balaban J connectivity index is 1.79. The van der Waals surface area contributed by atoms with Gasteiger partial charge in [0, 0.05) is 18.3 Å². The summed E-state index contributed by atoms with van der Waals surface area (Å²) in [4.78, 5) is 4.39. The molecule has 2 rings (SSSR count). The van der Waals surface area contributed by atoms with Gasteiger partial charge >= 0.3 is 0 Å². The van der Waals surface area contributed by atoms with Crippen LogP contribution in [0.25, 0.3) is 0 Å². The highest BCUT2D eigenvalue weighted by molar-refractivity contribution is 7.09. The van der Waals surface area contributed by atoms with Crippen LogP contribution in [0.3, 0.4) is 0 Å². The monoisotopic (exact) mass is 236 g/mol. The molecule has 86 valence electrons. The Labute approximate surface area is 99.5 Å². The highest BCUT2D eigenvalue weighted by Crippen LogP contribution is 2.09. The number of thiazole rings is 1. The summed E-state index contributed by atoms with van der Waals surface area (Å²) in [6, 6.07) is 4.06. The molecule has 2 aromatic heterocycles. The number of aryl methyl sites for hydroxylation is 2. The molecule has 0 unspecified atom stereocenters. The summed E-state index contributed by atoms with van der Waals surface area (Å²) in [7, 11) is 0. The topological polar surface area (TPSA) is 38.1 Å². The number of hydrogen-bond acceptors (Lipinski definition) is 4. The van der Waals surface area contributed by atoms with E-state index in [1.807, 2.05) is 19.1 Å². The summed E-state index contributed by atoms with van der Waals surface area (Å²) in [6.07, 6.45) is 0.950. The van der Waals surface area contributed by atoms with Crippen molar-refractivity contribution in [2.75, 3.05) is 0 Å². The largest absolute Gasteiger partial charge is 0.465 e. The Morgan fingerprint density at radius 2 is 2.12 bits per heavy atom. The zero-order chi connectivity index (χ0) is 11.4. The number of hydrogen-bond donors (Lipinski definition) is 1. The molecule has 0 aliphatic heterocycles. The molecule has 2 heterocycles. The molecule has 0 aliphatic carbocycles. The Bertz CT molecular complexity index is 447. The van der Waals surface area contributed by atoms with Crippen molar-refractivity contribution in [2.45, 2.75) is 33.4 Å². The van der Waals surface area contributed by atoms with Crippen LogP contribution in [0.15, 0.2) is 21.9 Å². The van der Waals surface area contributed by atoms with Gasteiger partial charge in [-0.05, 0) is 19.1 Å². The van der Waals surface area contributed by atoms with Gasteiger partial charge in [-0.15, -0.1) is 11.3 Å². The quantitative estimate of drug-likeness (QED) is 0.867. The van der Waals surface area contributed by atoms with Crippen LogP contribution in [-0.4, -0.2) is 4.98 Å². The van der Waals surface area contributed by atoms with Crippen molar-refractivity contribution in [3.05, 3.63) is 39.7 Å². The zero-order valence-corrected chi connectivity index (χ0v) is 10.4. The summed E-state index contributed by atoms with van der Waals surface area (Å²) in [5.41, 5.74) is 1.10. The molecule has 0 bridgehead atoms. The lowest BCUT2D eigenvalue weighted by molar-refractivity contribution is 0.450. The highest BCUT2D eigenvalue weighted by atomic mass is 32.1. The molecular weight excluding hydrogens is 220 g/mol. The Morgan fingerprint density at radius 1 is 1.31 bits per heavy atom. The summed E-state index contributed by atoms with van der Waals surface area (Å²) >= 11 is 1.68. The first-order valence-electron chi connectivity index (χ1n) is 5.47. The van der Waals surface area contributed by atoms with Gasteiger partial charge in [0.1, 0.15) is 11.5 Å². The number of furan rings is 1. The molecule has 1 N–H and O–H groups in total. The van der Waals surface area contributed by atoms with Crippen LogP contribution >= 0.6 is 11.3 Å². The van der Waals surface area contributed by atoms with Gasteiger partial charge in [0.25, 0.3) is 0 Å². The van der Waals surface area contributed by atoms with E-state index in [1.165, 1.54) is 0 Å². The average molecular weight is 236 g/mol. The van der Waals surface area contributed by atoms with E-state index in [2.05, 4.69) is 22.6 Å². The van der Waals surface area contributed by atoms with Crippen molar-refractivity contribution in [2.24, 2.45) is 0 Å². The molecule has 16 heavy (non-hydrogen) atoms. The van der Waals surface area contributed by atoms with Crippen molar-refractivity contribution in [3.63, 3.8) is 0 Å². The molecule has 0 atom stereocenters. The predicted octanol–water partition coefficient (Wildman–Crippen LogP) is 2.90. The van der Waals surface area contributed by atoms with Crippen LogP contribution in [0.1, 0.15) is 29.1 Å². The third kappa shape index (κ3) is 2.93. The average Bonchev–Trinajstić information content (AvgIpc) is 2.88. The van der Waals surface area contributed by atoms with Gasteiger partial charge in [0.15, 0.2) is 0 Å². The maximum atomic E-state index is 5.60. The first-order valence-corrected chi connectivity index (χ1v) is 6.35. The second kappa shape index (κ2) is 5.27. The Kier molecular flexibility index (Phi) is 3.74. The van der Waals surface area contributed by atoms with Crippen LogP contribution in [0, 0.1) is 6.92 Å². The fourth-order valence-corrected chi connectivity index (χ4v) is 2.12. The van der Waals surface area contributed by atoms with Crippen molar-refractivity contribution in [1.29, 1.82) is 0 Å². The van der Waals surface area contributed by atoms with E-state index in [0.29, 0.717) is 0 Å². The SMILES string of the molecule is CCc1ccc(CNCc2csc(C)n2)o1. The van der Waals surface area contributed by atoms with Crippen molar-refractivity contribution in [3.8, 4) is 0 Å². The molecule has 0 amide bonds. The van der Waals surface area contributed by atoms with E-state index < -0.39 is 0 Å². The second-order valence-electron chi connectivity index (χ2n) is 3.68. The Hall–Kier alpha value is -1.13. The van der Waals surface area contributed by atoms with Crippen LogP contribution in [0.4, 0.5) is 0 Å². The van der Waals surface area contributed by atoms with Crippen molar-refractivity contribution < 1.29 is 4.42 Å². The van der Waals surface area contributed by atoms with E-state index in [0.717, 1.165) is 41.7 Å². The van der Waals surface area contributed by atoms with E-state index >= 15 is 0 Å². The third-order valence-electron chi connectivity index (χ3n) is 2.34. The summed E-state index contributed by atoms with van der Waals surface area (Å²) in [6.45, 7) is 5.67. The standard InChI is InChI=1S/C12H16N2OS/c1-3-11-4-5-12(15-11)7-13-6-10-8-16-9(2)14-10/h4-5,8,13H,3,6-7H2,1-2H3. The fourth-order valence-electron chi connectivity index (χ4n) is 1.51. The first kappa shape index (κ1) is 11.4. The number of rotatable bonds is 5. The summed E-state index contributed by atoms with van der Waals surface area (Å²) in [5.74, 6) is 2.03. The molecule has 0 radical (unpaired) electrons. The third-order valence-corrected chi connectivity index (χ3v) is 3.16. The molecule has 0 fully saturated rings. The Morgan fingerprint density at radius 3 is 2.75 bits per heavy atom. The van der Waals surface area contributed by atoms with Crippen molar-refractivity contribution >= 4 is 11.3 Å². The van der Waals surface area contributed by atoms with Crippen molar-refractivity contribution in [1.82, 2.24) is 10.3 Å². The van der Waals surface area contributed by atoms with Crippen LogP contribution in [0.5, 0.6) is 0 Å². The van der Waals surface area contributed by atoms with Gasteiger partial charge in [-0.25, -0.2) is 4.98 Å². The minimum Gasteiger partial charge on any atom is -0.465 e. The molecule has 0 aliphatic rings. The smallest absolute Gasteiger partial charge is 0.117 e. The normalized spacial score (nSPS) is 10.9. The number of aromatic nitrogens is 1.